The van der Waals surface area contributed by atoms with E-state index in [0.717, 1.165) is 34.4 Å². The lowest BCUT2D eigenvalue weighted by Crippen LogP contribution is -2.35. The highest BCUT2D eigenvalue weighted by Gasteiger charge is 2.34. The molecular formula is C20H21F3N4O2S. The molecule has 0 radical (unpaired) electrons. The average Bonchev–Trinajstić information content (AvgIpc) is 2.99. The molecule has 2 aromatic heterocycles. The summed E-state index contributed by atoms with van der Waals surface area (Å²) in [6.07, 6.45) is -2.24. The van der Waals surface area contributed by atoms with E-state index in [1.54, 1.807) is 17.0 Å². The van der Waals surface area contributed by atoms with Gasteiger partial charge in [0.15, 0.2) is 9.84 Å². The van der Waals surface area contributed by atoms with E-state index in [4.69, 9.17) is 0 Å². The molecule has 0 saturated carbocycles. The van der Waals surface area contributed by atoms with Crippen LogP contribution in [0, 0.1) is 0 Å². The van der Waals surface area contributed by atoms with Gasteiger partial charge in [-0.1, -0.05) is 19.9 Å². The van der Waals surface area contributed by atoms with E-state index in [1.807, 2.05) is 19.9 Å². The fourth-order valence-electron chi connectivity index (χ4n) is 4.02. The van der Waals surface area contributed by atoms with Gasteiger partial charge >= 0.3 is 6.18 Å². The van der Waals surface area contributed by atoms with Gasteiger partial charge in [-0.3, -0.25) is 0 Å². The molecule has 3 aromatic rings. The van der Waals surface area contributed by atoms with Gasteiger partial charge in [-0.25, -0.2) is 18.4 Å². The van der Waals surface area contributed by atoms with Crippen LogP contribution in [0.3, 0.4) is 0 Å². The van der Waals surface area contributed by atoms with Gasteiger partial charge in [-0.05, 0) is 29.7 Å². The second kappa shape index (κ2) is 6.97. The van der Waals surface area contributed by atoms with Gasteiger partial charge in [0.2, 0.25) is 5.95 Å². The third kappa shape index (κ3) is 3.53. The highest BCUT2D eigenvalue weighted by molar-refractivity contribution is 7.90. The van der Waals surface area contributed by atoms with Gasteiger partial charge in [0.05, 0.1) is 11.4 Å². The Morgan fingerprint density at radius 1 is 1.13 bits per heavy atom. The first-order valence-corrected chi connectivity index (χ1v) is 11.4. The summed E-state index contributed by atoms with van der Waals surface area (Å²) in [6, 6.07) is 5.95. The molecule has 0 bridgehead atoms. The summed E-state index contributed by atoms with van der Waals surface area (Å²) in [6.45, 7) is 5.33. The third-order valence-corrected chi connectivity index (χ3v) is 6.45. The molecule has 0 amide bonds. The summed E-state index contributed by atoms with van der Waals surface area (Å²) in [5.74, 6) is 0.183. The fraction of sp³-hybridized carbons (Fsp3) is 0.400. The van der Waals surface area contributed by atoms with Crippen molar-refractivity contribution in [1.82, 2.24) is 14.5 Å². The van der Waals surface area contributed by atoms with Gasteiger partial charge in [0.1, 0.15) is 5.69 Å². The fourth-order valence-corrected chi connectivity index (χ4v) is 4.66. The zero-order valence-electron chi connectivity index (χ0n) is 16.7. The van der Waals surface area contributed by atoms with Crippen LogP contribution < -0.4 is 4.90 Å². The normalized spacial score (nSPS) is 15.1. The van der Waals surface area contributed by atoms with E-state index in [2.05, 4.69) is 14.5 Å². The van der Waals surface area contributed by atoms with Crippen LogP contribution in [0.5, 0.6) is 0 Å². The second-order valence-corrected chi connectivity index (χ2v) is 9.79. The molecule has 6 nitrogen and oxygen atoms in total. The Kier molecular flexibility index (Phi) is 4.80. The van der Waals surface area contributed by atoms with Gasteiger partial charge in [-0.15, -0.1) is 0 Å². The van der Waals surface area contributed by atoms with Crippen LogP contribution in [0.15, 0.2) is 35.4 Å². The molecule has 30 heavy (non-hydrogen) atoms. The first-order chi connectivity index (χ1) is 14.0. The number of benzene rings is 1. The molecule has 1 aromatic carbocycles. The van der Waals surface area contributed by atoms with Crippen molar-refractivity contribution in [1.29, 1.82) is 0 Å². The standard InChI is InChI=1S/C20H21F3N4O2S/c1-12(2)18-14-5-4-13(30(3,28)29)10-15(14)27-9-8-26(11-16(18)27)19-24-7-6-17(25-19)20(21,22)23/h4-7,10,12H,8-9,11H2,1-3H3. The molecule has 0 spiro atoms. The van der Waals surface area contributed by atoms with Crippen molar-refractivity contribution in [2.75, 3.05) is 17.7 Å². The SMILES string of the molecule is CC(C)c1c2n(c3cc(S(C)(=O)=O)ccc13)CCN(c1nccc(C(F)(F)F)n1)C2. The highest BCUT2D eigenvalue weighted by Crippen LogP contribution is 2.36. The predicted octanol–water partition coefficient (Wildman–Crippen LogP) is 4.00. The van der Waals surface area contributed by atoms with Crippen molar-refractivity contribution in [3.8, 4) is 0 Å². The van der Waals surface area contributed by atoms with Crippen molar-refractivity contribution in [3.63, 3.8) is 0 Å². The van der Waals surface area contributed by atoms with Crippen LogP contribution >= 0.6 is 0 Å². The van der Waals surface area contributed by atoms with Crippen molar-refractivity contribution >= 4 is 26.7 Å². The summed E-state index contributed by atoms with van der Waals surface area (Å²) in [5.41, 5.74) is 1.85. The summed E-state index contributed by atoms with van der Waals surface area (Å²) >= 11 is 0. The van der Waals surface area contributed by atoms with Gasteiger partial charge < -0.3 is 9.47 Å². The second-order valence-electron chi connectivity index (χ2n) is 7.78. The number of anilines is 1. The summed E-state index contributed by atoms with van der Waals surface area (Å²) in [7, 11) is -3.35. The van der Waals surface area contributed by atoms with Crippen LogP contribution in [0.4, 0.5) is 19.1 Å². The number of nitrogens with zero attached hydrogens (tertiary/aromatic N) is 4. The van der Waals surface area contributed by atoms with Crippen LogP contribution in [0.2, 0.25) is 0 Å². The highest BCUT2D eigenvalue weighted by atomic mass is 32.2. The van der Waals surface area contributed by atoms with Crippen LogP contribution in [-0.2, 0) is 29.1 Å². The maximum absolute atomic E-state index is 13.1. The van der Waals surface area contributed by atoms with Crippen LogP contribution in [0.25, 0.3) is 10.9 Å². The molecule has 0 saturated heterocycles. The van der Waals surface area contributed by atoms with Crippen molar-refractivity contribution in [3.05, 3.63) is 47.4 Å². The molecule has 0 unspecified atom stereocenters. The molecule has 0 aliphatic carbocycles. The van der Waals surface area contributed by atoms with E-state index in [-0.39, 0.29) is 16.8 Å². The van der Waals surface area contributed by atoms with Crippen molar-refractivity contribution < 1.29 is 21.6 Å². The number of rotatable bonds is 3. The Labute approximate surface area is 172 Å². The van der Waals surface area contributed by atoms with Gasteiger partial charge in [0.25, 0.3) is 0 Å². The Morgan fingerprint density at radius 3 is 2.50 bits per heavy atom. The number of hydrogen-bond donors (Lipinski definition) is 0. The van der Waals surface area contributed by atoms with E-state index in [9.17, 15) is 21.6 Å². The van der Waals surface area contributed by atoms with Crippen LogP contribution in [0.1, 0.15) is 36.7 Å². The first-order valence-electron chi connectivity index (χ1n) is 9.47. The topological polar surface area (TPSA) is 68.1 Å². The van der Waals surface area contributed by atoms with E-state index >= 15 is 0 Å². The average molecular weight is 438 g/mol. The molecule has 0 atom stereocenters. The lowest BCUT2D eigenvalue weighted by atomic mass is 9.99. The van der Waals surface area contributed by atoms with Gasteiger partial charge in [-0.2, -0.15) is 13.2 Å². The minimum absolute atomic E-state index is 0.0351. The minimum Gasteiger partial charge on any atom is -0.341 e. The number of sulfone groups is 1. The molecule has 3 heterocycles. The van der Waals surface area contributed by atoms with E-state index in [1.165, 1.54) is 6.26 Å². The van der Waals surface area contributed by atoms with Gasteiger partial charge in [0, 0.05) is 42.1 Å². The first kappa shape index (κ1) is 20.6. The zero-order valence-corrected chi connectivity index (χ0v) is 17.5. The lowest BCUT2D eigenvalue weighted by Gasteiger charge is -2.30. The maximum atomic E-state index is 13.1. The summed E-state index contributed by atoms with van der Waals surface area (Å²) in [5, 5.41) is 0.958. The molecule has 1 aliphatic heterocycles. The Morgan fingerprint density at radius 2 is 1.87 bits per heavy atom. The largest absolute Gasteiger partial charge is 0.433 e. The minimum atomic E-state index is -4.53. The quantitative estimate of drug-likeness (QED) is 0.618. The van der Waals surface area contributed by atoms with E-state index < -0.39 is 21.7 Å². The van der Waals surface area contributed by atoms with Crippen molar-refractivity contribution in [2.24, 2.45) is 0 Å². The lowest BCUT2D eigenvalue weighted by molar-refractivity contribution is -0.141. The molecule has 4 rings (SSSR count). The number of fused-ring (bicyclic) bond motifs is 3. The van der Waals surface area contributed by atoms with Crippen molar-refractivity contribution in [2.45, 2.75) is 43.9 Å². The zero-order chi connectivity index (χ0) is 21.8. The molecular weight excluding hydrogens is 417 g/mol. The molecule has 1 aliphatic rings. The molecule has 10 heteroatoms. The smallest absolute Gasteiger partial charge is 0.341 e. The third-order valence-electron chi connectivity index (χ3n) is 5.34. The Hall–Kier alpha value is -2.62. The number of hydrogen-bond acceptors (Lipinski definition) is 5. The maximum Gasteiger partial charge on any atom is 0.433 e. The number of halogens is 3. The van der Waals surface area contributed by atoms with E-state index in [0.29, 0.717) is 19.6 Å². The summed E-state index contributed by atoms with van der Waals surface area (Å²) < 4.78 is 65.2. The molecule has 0 fully saturated rings. The number of alkyl halides is 3. The molecule has 160 valence electrons. The molecule has 0 N–H and O–H groups in total. The summed E-state index contributed by atoms with van der Waals surface area (Å²) in [4.78, 5) is 9.74. The van der Waals surface area contributed by atoms with Crippen LogP contribution in [-0.4, -0.2) is 35.8 Å². The Balaban J connectivity index is 1.82. The monoisotopic (exact) mass is 438 g/mol. The predicted molar refractivity (Wildman–Crippen MR) is 107 cm³/mol. The Bertz CT molecular complexity index is 1230. The number of aromatic nitrogens is 3.